The van der Waals surface area contributed by atoms with Crippen molar-refractivity contribution in [3.05, 3.63) is 18.1 Å². The summed E-state index contributed by atoms with van der Waals surface area (Å²) >= 11 is 0. The fraction of sp³-hybridized carbons (Fsp3) is 0.583. The van der Waals surface area contributed by atoms with E-state index in [-0.39, 0.29) is 6.10 Å². The second kappa shape index (κ2) is 5.10. The molecule has 1 N–H and O–H groups in total. The summed E-state index contributed by atoms with van der Waals surface area (Å²) in [5.41, 5.74) is 0.921. The van der Waals surface area contributed by atoms with Crippen molar-refractivity contribution in [2.45, 2.75) is 13.0 Å². The van der Waals surface area contributed by atoms with Crippen LogP contribution in [0.3, 0.4) is 0 Å². The molecule has 3 rings (SSSR count). The van der Waals surface area contributed by atoms with Gasteiger partial charge in [-0.3, -0.25) is 0 Å². The lowest BCUT2D eigenvalue weighted by molar-refractivity contribution is -0.0117. The minimum Gasteiger partial charge on any atom is -0.374 e. The van der Waals surface area contributed by atoms with Crippen LogP contribution in [0.25, 0.3) is 5.78 Å². The zero-order chi connectivity index (χ0) is 13.2. The lowest BCUT2D eigenvalue weighted by Gasteiger charge is -2.30. The van der Waals surface area contributed by atoms with Gasteiger partial charge in [0, 0.05) is 31.4 Å². The maximum atomic E-state index is 5.73. The smallest absolute Gasteiger partial charge is 0.254 e. The molecule has 1 fully saturated rings. The number of aromatic nitrogens is 4. The lowest BCUT2D eigenvalue weighted by Crippen LogP contribution is -2.43. The van der Waals surface area contributed by atoms with Gasteiger partial charge in [-0.05, 0) is 14.0 Å². The SMILES string of the molecule is Cc1cc(NC[C@@H]2CN(C)CCO2)n2ncnc2n1. The summed E-state index contributed by atoms with van der Waals surface area (Å²) in [5, 5.41) is 7.54. The van der Waals surface area contributed by atoms with Crippen molar-refractivity contribution in [1.29, 1.82) is 0 Å². The van der Waals surface area contributed by atoms with Gasteiger partial charge < -0.3 is 15.0 Å². The number of hydrogen-bond acceptors (Lipinski definition) is 6. The molecule has 0 unspecified atom stereocenters. The number of hydrogen-bond donors (Lipinski definition) is 1. The van der Waals surface area contributed by atoms with E-state index >= 15 is 0 Å². The minimum absolute atomic E-state index is 0.200. The molecule has 1 saturated heterocycles. The molecular formula is C12H18N6O. The number of morpholine rings is 1. The van der Waals surface area contributed by atoms with Gasteiger partial charge in [0.25, 0.3) is 5.78 Å². The van der Waals surface area contributed by atoms with Crippen molar-refractivity contribution in [3.8, 4) is 0 Å². The summed E-state index contributed by atoms with van der Waals surface area (Å²) in [6.45, 7) is 5.43. The van der Waals surface area contributed by atoms with E-state index in [1.807, 2.05) is 13.0 Å². The van der Waals surface area contributed by atoms with Gasteiger partial charge in [-0.1, -0.05) is 0 Å². The van der Waals surface area contributed by atoms with Gasteiger partial charge >= 0.3 is 0 Å². The van der Waals surface area contributed by atoms with Crippen molar-refractivity contribution in [2.75, 3.05) is 38.6 Å². The van der Waals surface area contributed by atoms with Crippen molar-refractivity contribution in [1.82, 2.24) is 24.5 Å². The molecule has 1 aliphatic rings. The topological polar surface area (TPSA) is 67.6 Å². The number of likely N-dealkylation sites (N-methyl/N-ethyl adjacent to an activating group) is 1. The molecule has 0 aliphatic carbocycles. The van der Waals surface area contributed by atoms with E-state index < -0.39 is 0 Å². The molecular weight excluding hydrogens is 244 g/mol. The van der Waals surface area contributed by atoms with Gasteiger partial charge in [-0.25, -0.2) is 4.98 Å². The van der Waals surface area contributed by atoms with E-state index in [0.717, 1.165) is 37.8 Å². The van der Waals surface area contributed by atoms with Gasteiger partial charge in [-0.2, -0.15) is 14.6 Å². The van der Waals surface area contributed by atoms with E-state index in [1.165, 1.54) is 6.33 Å². The summed E-state index contributed by atoms with van der Waals surface area (Å²) in [4.78, 5) is 10.7. The molecule has 7 heteroatoms. The van der Waals surface area contributed by atoms with Crippen LogP contribution in [-0.4, -0.2) is 63.9 Å². The second-order valence-corrected chi connectivity index (χ2v) is 4.89. The van der Waals surface area contributed by atoms with Crippen molar-refractivity contribution in [3.63, 3.8) is 0 Å². The first-order chi connectivity index (χ1) is 9.22. The molecule has 0 bridgehead atoms. The highest BCUT2D eigenvalue weighted by Gasteiger charge is 2.17. The molecule has 19 heavy (non-hydrogen) atoms. The third-order valence-corrected chi connectivity index (χ3v) is 3.23. The van der Waals surface area contributed by atoms with Crippen LogP contribution in [0.15, 0.2) is 12.4 Å². The molecule has 0 amide bonds. The van der Waals surface area contributed by atoms with E-state index in [4.69, 9.17) is 4.74 Å². The Morgan fingerprint density at radius 2 is 2.42 bits per heavy atom. The van der Waals surface area contributed by atoms with Crippen LogP contribution in [0.5, 0.6) is 0 Å². The maximum Gasteiger partial charge on any atom is 0.254 e. The van der Waals surface area contributed by atoms with Crippen LogP contribution < -0.4 is 5.32 Å². The van der Waals surface area contributed by atoms with Crippen LogP contribution >= 0.6 is 0 Å². The fourth-order valence-corrected chi connectivity index (χ4v) is 2.27. The number of rotatable bonds is 3. The molecule has 1 aliphatic heterocycles. The Labute approximate surface area is 111 Å². The van der Waals surface area contributed by atoms with Crippen molar-refractivity contribution in [2.24, 2.45) is 0 Å². The number of aryl methyl sites for hydroxylation is 1. The first-order valence-electron chi connectivity index (χ1n) is 6.44. The molecule has 7 nitrogen and oxygen atoms in total. The van der Waals surface area contributed by atoms with E-state index in [1.54, 1.807) is 4.52 Å². The predicted octanol–water partition coefficient (Wildman–Crippen LogP) is 0.175. The molecule has 1 atom stereocenters. The quantitative estimate of drug-likeness (QED) is 0.851. The number of ether oxygens (including phenoxy) is 1. The van der Waals surface area contributed by atoms with Crippen molar-refractivity contribution < 1.29 is 4.74 Å². The second-order valence-electron chi connectivity index (χ2n) is 4.89. The van der Waals surface area contributed by atoms with Gasteiger partial charge in [0.05, 0.1) is 12.7 Å². The van der Waals surface area contributed by atoms with Gasteiger partial charge in [0.1, 0.15) is 12.1 Å². The summed E-state index contributed by atoms with van der Waals surface area (Å²) < 4.78 is 7.44. The van der Waals surface area contributed by atoms with Crippen LogP contribution in [-0.2, 0) is 4.74 Å². The predicted molar refractivity (Wildman–Crippen MR) is 71.2 cm³/mol. The molecule has 0 spiro atoms. The Kier molecular flexibility index (Phi) is 3.31. The first-order valence-corrected chi connectivity index (χ1v) is 6.44. The van der Waals surface area contributed by atoms with Crippen LogP contribution in [0.2, 0.25) is 0 Å². The molecule has 2 aromatic rings. The minimum atomic E-state index is 0.200. The molecule has 0 radical (unpaired) electrons. The monoisotopic (exact) mass is 262 g/mol. The molecule has 0 aromatic carbocycles. The third kappa shape index (κ3) is 2.66. The highest BCUT2D eigenvalue weighted by atomic mass is 16.5. The Morgan fingerprint density at radius 1 is 1.53 bits per heavy atom. The third-order valence-electron chi connectivity index (χ3n) is 3.23. The zero-order valence-electron chi connectivity index (χ0n) is 11.2. The van der Waals surface area contributed by atoms with Gasteiger partial charge in [-0.15, -0.1) is 0 Å². The number of nitrogens with one attached hydrogen (secondary N) is 1. The summed E-state index contributed by atoms with van der Waals surface area (Å²) in [6, 6.07) is 1.97. The standard InChI is InChI=1S/C12H18N6O/c1-9-5-11(18-12(16-9)14-8-15-18)13-6-10-7-17(2)3-4-19-10/h5,8,10,13H,3-4,6-7H2,1-2H3/t10-/m1/s1. The fourth-order valence-electron chi connectivity index (χ4n) is 2.27. The lowest BCUT2D eigenvalue weighted by atomic mass is 10.3. The largest absolute Gasteiger partial charge is 0.374 e. The Bertz CT molecular complexity index is 568. The van der Waals surface area contributed by atoms with Gasteiger partial charge in [0.2, 0.25) is 0 Å². The average molecular weight is 262 g/mol. The number of nitrogens with zero attached hydrogens (tertiary/aromatic N) is 5. The highest BCUT2D eigenvalue weighted by molar-refractivity contribution is 5.44. The van der Waals surface area contributed by atoms with E-state index in [0.29, 0.717) is 5.78 Å². The number of anilines is 1. The zero-order valence-corrected chi connectivity index (χ0v) is 11.2. The van der Waals surface area contributed by atoms with Crippen molar-refractivity contribution >= 4 is 11.6 Å². The van der Waals surface area contributed by atoms with Crippen LogP contribution in [0, 0.1) is 6.92 Å². The molecule has 0 saturated carbocycles. The summed E-state index contributed by atoms with van der Waals surface area (Å²) in [6.07, 6.45) is 1.71. The van der Waals surface area contributed by atoms with Crippen LogP contribution in [0.1, 0.15) is 5.69 Å². The normalized spacial score (nSPS) is 20.8. The Hall–Kier alpha value is -1.73. The Balaban J connectivity index is 1.72. The average Bonchev–Trinajstić information content (AvgIpc) is 2.84. The summed E-state index contributed by atoms with van der Waals surface area (Å²) in [7, 11) is 2.11. The highest BCUT2D eigenvalue weighted by Crippen LogP contribution is 2.11. The molecule has 3 heterocycles. The molecule has 102 valence electrons. The first kappa shape index (κ1) is 12.3. The Morgan fingerprint density at radius 3 is 3.26 bits per heavy atom. The van der Waals surface area contributed by atoms with E-state index in [2.05, 4.69) is 32.3 Å². The maximum absolute atomic E-state index is 5.73. The molecule has 2 aromatic heterocycles. The number of fused-ring (bicyclic) bond motifs is 1. The van der Waals surface area contributed by atoms with E-state index in [9.17, 15) is 0 Å². The summed E-state index contributed by atoms with van der Waals surface area (Å²) in [5.74, 6) is 1.51. The van der Waals surface area contributed by atoms with Crippen LogP contribution in [0.4, 0.5) is 5.82 Å². The van der Waals surface area contributed by atoms with Gasteiger partial charge in [0.15, 0.2) is 0 Å².